The fraction of sp³-hybridized carbons (Fsp3) is 0.340. The third-order valence-corrected chi connectivity index (χ3v) is 12.3. The van der Waals surface area contributed by atoms with Crippen LogP contribution in [0.5, 0.6) is 5.75 Å². The number of benzene rings is 4. The van der Waals surface area contributed by atoms with Crippen LogP contribution in [0.15, 0.2) is 95.5 Å². The van der Waals surface area contributed by atoms with Gasteiger partial charge in [0.15, 0.2) is 5.58 Å². The van der Waals surface area contributed by atoms with E-state index >= 15 is 0 Å². The van der Waals surface area contributed by atoms with E-state index in [1.807, 2.05) is 37.4 Å². The molecule has 0 amide bonds. The number of phenolic OH excluding ortho intramolecular Hbond substituents is 1. The molecule has 5 nitrogen and oxygen atoms in total. The summed E-state index contributed by atoms with van der Waals surface area (Å²) in [5.74, 6) is 1.25. The van der Waals surface area contributed by atoms with Crippen molar-refractivity contribution in [3.63, 3.8) is 0 Å². The van der Waals surface area contributed by atoms with Gasteiger partial charge in [0, 0.05) is 33.6 Å². The van der Waals surface area contributed by atoms with Gasteiger partial charge < -0.3 is 9.52 Å². The molecule has 2 aliphatic rings. The van der Waals surface area contributed by atoms with Crippen LogP contribution < -0.4 is 0 Å². The van der Waals surface area contributed by atoms with Crippen molar-refractivity contribution in [3.05, 3.63) is 108 Å². The topological polar surface area (TPSA) is 72.0 Å². The van der Waals surface area contributed by atoms with E-state index in [4.69, 9.17) is 19.4 Å². The first-order valence-electron chi connectivity index (χ1n) is 19.2. The maximum atomic E-state index is 11.0. The van der Waals surface area contributed by atoms with E-state index in [1.165, 1.54) is 68.9 Å². The SMILES string of the molecule is Cc1nc2ccc(-c3cc(-c4ccc(C5CCC6(CCCCC6)CC5)cc4)ccn3)cc2c2c1ccc1oc(-c3ccc(C(C)(C)C)cc3O)nc12. The highest BCUT2D eigenvalue weighted by Gasteiger charge is 2.36. The molecule has 2 aliphatic carbocycles. The van der Waals surface area contributed by atoms with Crippen LogP contribution in [0.3, 0.4) is 0 Å². The van der Waals surface area contributed by atoms with Crippen molar-refractivity contribution >= 4 is 32.8 Å². The van der Waals surface area contributed by atoms with Crippen molar-refractivity contribution in [2.24, 2.45) is 5.41 Å². The molecule has 0 saturated heterocycles. The number of nitrogens with zero attached hydrogens (tertiary/aromatic N) is 3. The van der Waals surface area contributed by atoms with Crippen LogP contribution in [-0.2, 0) is 5.41 Å². The Hall–Kier alpha value is -5.03. The fourth-order valence-corrected chi connectivity index (χ4v) is 9.18. The number of rotatable bonds is 4. The zero-order valence-corrected chi connectivity index (χ0v) is 30.8. The van der Waals surface area contributed by atoms with Gasteiger partial charge in [-0.15, -0.1) is 0 Å². The van der Waals surface area contributed by atoms with Crippen LogP contribution >= 0.6 is 0 Å². The summed E-state index contributed by atoms with van der Waals surface area (Å²) in [6.07, 6.45) is 14.6. The lowest BCUT2D eigenvalue weighted by atomic mass is 9.62. The van der Waals surface area contributed by atoms with Gasteiger partial charge in [-0.1, -0.05) is 76.4 Å². The van der Waals surface area contributed by atoms with Gasteiger partial charge in [-0.3, -0.25) is 9.97 Å². The average molecular weight is 686 g/mol. The van der Waals surface area contributed by atoms with E-state index in [1.54, 1.807) is 0 Å². The number of aromatic hydroxyl groups is 1. The molecule has 0 radical (unpaired) electrons. The predicted molar refractivity (Wildman–Crippen MR) is 213 cm³/mol. The summed E-state index contributed by atoms with van der Waals surface area (Å²) in [7, 11) is 0. The molecule has 5 heteroatoms. The highest BCUT2D eigenvalue weighted by molar-refractivity contribution is 6.18. The van der Waals surface area contributed by atoms with Crippen molar-refractivity contribution in [2.75, 3.05) is 0 Å². The van der Waals surface area contributed by atoms with Crippen molar-refractivity contribution in [1.82, 2.24) is 15.0 Å². The number of hydrogen-bond donors (Lipinski definition) is 1. The molecule has 3 heterocycles. The lowest BCUT2D eigenvalue weighted by Crippen LogP contribution is -2.29. The molecule has 0 unspecified atom stereocenters. The molecular formula is C47H47N3O2. The van der Waals surface area contributed by atoms with Crippen molar-refractivity contribution in [1.29, 1.82) is 0 Å². The molecule has 1 spiro atoms. The van der Waals surface area contributed by atoms with Crippen molar-refractivity contribution < 1.29 is 9.52 Å². The molecule has 1 N–H and O–H groups in total. The summed E-state index contributed by atoms with van der Waals surface area (Å²) in [5, 5.41) is 14.0. The Bertz CT molecular complexity index is 2450. The summed E-state index contributed by atoms with van der Waals surface area (Å²) in [6, 6.07) is 29.8. The van der Waals surface area contributed by atoms with Gasteiger partial charge in [-0.25, -0.2) is 4.98 Å². The Morgan fingerprint density at radius 2 is 1.50 bits per heavy atom. The maximum Gasteiger partial charge on any atom is 0.231 e. The summed E-state index contributed by atoms with van der Waals surface area (Å²) in [6.45, 7) is 8.44. The third-order valence-electron chi connectivity index (χ3n) is 12.3. The lowest BCUT2D eigenvalue weighted by molar-refractivity contribution is 0.114. The van der Waals surface area contributed by atoms with Gasteiger partial charge in [0.1, 0.15) is 11.3 Å². The van der Waals surface area contributed by atoms with Gasteiger partial charge in [0.2, 0.25) is 5.89 Å². The van der Waals surface area contributed by atoms with E-state index in [0.29, 0.717) is 28.4 Å². The Morgan fingerprint density at radius 1 is 0.731 bits per heavy atom. The zero-order chi connectivity index (χ0) is 35.6. The second kappa shape index (κ2) is 12.6. The first kappa shape index (κ1) is 32.8. The second-order valence-corrected chi connectivity index (χ2v) is 16.7. The van der Waals surface area contributed by atoms with Crippen LogP contribution in [0.1, 0.15) is 101 Å². The number of phenols is 1. The molecular weight excluding hydrogens is 639 g/mol. The Balaban J connectivity index is 1.05. The van der Waals surface area contributed by atoms with Gasteiger partial charge in [0.25, 0.3) is 0 Å². The van der Waals surface area contributed by atoms with Crippen LogP contribution in [-0.4, -0.2) is 20.1 Å². The molecule has 0 atom stereocenters. The van der Waals surface area contributed by atoms with Gasteiger partial charge >= 0.3 is 0 Å². The molecule has 7 aromatic rings. The standard InChI is InChI=1S/C47H47N3O2/c1-29-36-15-17-42-44(50-45(52-42)37-14-13-35(28-41(37)51)46(2,3)4)43(36)38-26-34(12-16-39(38)49-29)40-27-33(20-25-48-40)31-10-8-30(9-11-31)32-18-23-47(24-19-32)21-6-5-7-22-47/h8-17,20,25-28,32,51H,5-7,18-19,21-24H2,1-4H3. The summed E-state index contributed by atoms with van der Waals surface area (Å²) >= 11 is 0. The molecule has 52 heavy (non-hydrogen) atoms. The third kappa shape index (κ3) is 5.84. The van der Waals surface area contributed by atoms with Gasteiger partial charge in [0.05, 0.1) is 16.8 Å². The van der Waals surface area contributed by atoms with E-state index < -0.39 is 0 Å². The van der Waals surface area contributed by atoms with Crippen molar-refractivity contribution in [2.45, 2.75) is 96.8 Å². The molecule has 2 saturated carbocycles. The monoisotopic (exact) mass is 685 g/mol. The van der Waals surface area contributed by atoms with E-state index in [-0.39, 0.29) is 11.2 Å². The zero-order valence-electron chi connectivity index (χ0n) is 30.8. The normalized spacial score (nSPS) is 16.7. The quantitative estimate of drug-likeness (QED) is 0.187. The summed E-state index contributed by atoms with van der Waals surface area (Å²) in [4.78, 5) is 14.8. The minimum atomic E-state index is -0.0827. The van der Waals surface area contributed by atoms with Crippen LogP contribution in [0.2, 0.25) is 0 Å². The predicted octanol–water partition coefficient (Wildman–Crippen LogP) is 12.8. The first-order valence-corrected chi connectivity index (χ1v) is 19.2. The Kier molecular flexibility index (Phi) is 7.95. The first-order chi connectivity index (χ1) is 25.1. The van der Waals surface area contributed by atoms with Gasteiger partial charge in [-0.05, 0) is 133 Å². The van der Waals surface area contributed by atoms with Crippen molar-refractivity contribution in [3.8, 4) is 39.6 Å². The summed E-state index contributed by atoms with van der Waals surface area (Å²) in [5.41, 5.74) is 11.3. The largest absolute Gasteiger partial charge is 0.507 e. The van der Waals surface area contributed by atoms with E-state index in [9.17, 15) is 5.11 Å². The second-order valence-electron chi connectivity index (χ2n) is 16.7. The molecule has 9 rings (SSSR count). The number of pyridine rings is 2. The highest BCUT2D eigenvalue weighted by atomic mass is 16.3. The highest BCUT2D eigenvalue weighted by Crippen LogP contribution is 2.51. The average Bonchev–Trinajstić information content (AvgIpc) is 3.60. The number of fused-ring (bicyclic) bond motifs is 5. The number of aryl methyl sites for hydroxylation is 1. The van der Waals surface area contributed by atoms with Crippen LogP contribution in [0.25, 0.3) is 66.6 Å². The minimum Gasteiger partial charge on any atom is -0.507 e. The summed E-state index contributed by atoms with van der Waals surface area (Å²) < 4.78 is 6.31. The van der Waals surface area contributed by atoms with E-state index in [2.05, 4.69) is 81.4 Å². The smallest absolute Gasteiger partial charge is 0.231 e. The molecule has 2 fully saturated rings. The molecule has 3 aromatic heterocycles. The molecule has 0 aliphatic heterocycles. The Morgan fingerprint density at radius 3 is 2.25 bits per heavy atom. The maximum absolute atomic E-state index is 11.0. The molecule has 0 bridgehead atoms. The number of aromatic nitrogens is 3. The lowest BCUT2D eigenvalue weighted by Gasteiger charge is -2.43. The Labute approximate surface area is 306 Å². The molecule has 4 aromatic carbocycles. The van der Waals surface area contributed by atoms with Crippen LogP contribution in [0.4, 0.5) is 0 Å². The van der Waals surface area contributed by atoms with Crippen LogP contribution in [0, 0.1) is 12.3 Å². The van der Waals surface area contributed by atoms with E-state index in [0.717, 1.165) is 55.3 Å². The number of oxazole rings is 1. The minimum absolute atomic E-state index is 0.0827. The molecule has 262 valence electrons. The number of hydrogen-bond acceptors (Lipinski definition) is 5. The van der Waals surface area contributed by atoms with Gasteiger partial charge in [-0.2, -0.15) is 0 Å². The fourth-order valence-electron chi connectivity index (χ4n) is 9.18.